The van der Waals surface area contributed by atoms with E-state index in [1.165, 1.54) is 0 Å². The minimum absolute atomic E-state index is 0. The summed E-state index contributed by atoms with van der Waals surface area (Å²) >= 11 is 0. The molecule has 1 aromatic heterocycles. The fourth-order valence-electron chi connectivity index (χ4n) is 3.50. The Morgan fingerprint density at radius 3 is 2.52 bits per heavy atom. The predicted molar refractivity (Wildman–Crippen MR) is 95.8 cm³/mol. The van der Waals surface area contributed by atoms with Gasteiger partial charge in [0.15, 0.2) is 0 Å². The summed E-state index contributed by atoms with van der Waals surface area (Å²) in [5, 5.41) is 7.48. The molecule has 0 saturated carbocycles. The van der Waals surface area contributed by atoms with E-state index in [4.69, 9.17) is 0 Å². The average Bonchev–Trinajstić information content (AvgIpc) is 3.15. The van der Waals surface area contributed by atoms with E-state index >= 15 is 0 Å². The first-order valence-corrected chi connectivity index (χ1v) is 8.03. The number of alkyl halides is 2. The van der Waals surface area contributed by atoms with Gasteiger partial charge in [-0.3, -0.25) is 14.4 Å². The third-order valence-corrected chi connectivity index (χ3v) is 4.76. The van der Waals surface area contributed by atoms with E-state index in [0.717, 1.165) is 12.1 Å². The molecule has 2 aliphatic rings. The van der Waals surface area contributed by atoms with Gasteiger partial charge in [0.1, 0.15) is 0 Å². The molecule has 1 amide bonds. The van der Waals surface area contributed by atoms with Crippen molar-refractivity contribution < 1.29 is 13.6 Å². The third-order valence-electron chi connectivity index (χ3n) is 4.76. The highest BCUT2D eigenvalue weighted by molar-refractivity contribution is 5.85. The van der Waals surface area contributed by atoms with Crippen molar-refractivity contribution in [2.24, 2.45) is 13.0 Å². The van der Waals surface area contributed by atoms with E-state index in [-0.39, 0.29) is 49.1 Å². The van der Waals surface area contributed by atoms with Crippen LogP contribution in [0.25, 0.3) is 0 Å². The Labute approximate surface area is 158 Å². The second kappa shape index (κ2) is 9.66. The summed E-state index contributed by atoms with van der Waals surface area (Å²) in [5.74, 6) is 0.164. The predicted octanol–water partition coefficient (Wildman–Crippen LogP) is 0.976. The molecule has 0 bridgehead atoms. The minimum atomic E-state index is -2.31. The van der Waals surface area contributed by atoms with Gasteiger partial charge in [-0.15, -0.1) is 24.8 Å². The molecule has 10 heteroatoms. The molecule has 0 spiro atoms. The van der Waals surface area contributed by atoms with Gasteiger partial charge in [0.05, 0.1) is 18.7 Å². The van der Waals surface area contributed by atoms with Gasteiger partial charge in [-0.1, -0.05) is 0 Å². The molecule has 2 atom stereocenters. The van der Waals surface area contributed by atoms with Gasteiger partial charge in [-0.25, -0.2) is 8.78 Å². The van der Waals surface area contributed by atoms with Gasteiger partial charge in [0.25, 0.3) is 6.43 Å². The number of piperazine rings is 1. The van der Waals surface area contributed by atoms with Gasteiger partial charge in [-0.05, 0) is 5.56 Å². The Bertz CT molecular complexity index is 552. The highest BCUT2D eigenvalue weighted by atomic mass is 35.5. The first-order chi connectivity index (χ1) is 11.0. The molecular weight excluding hydrogens is 375 g/mol. The van der Waals surface area contributed by atoms with Crippen molar-refractivity contribution in [2.45, 2.75) is 12.3 Å². The molecule has 2 aliphatic heterocycles. The fraction of sp³-hybridized carbons (Fsp3) is 0.733. The van der Waals surface area contributed by atoms with E-state index in [9.17, 15) is 13.6 Å². The van der Waals surface area contributed by atoms with Gasteiger partial charge < -0.3 is 10.2 Å². The number of rotatable bonds is 4. The molecule has 2 saturated heterocycles. The molecular formula is C15H25Cl2F2N5O. The molecule has 6 nitrogen and oxygen atoms in total. The molecule has 2 fully saturated rings. The largest absolute Gasteiger partial charge is 0.340 e. The average molecular weight is 400 g/mol. The second-order valence-electron chi connectivity index (χ2n) is 6.34. The molecule has 25 heavy (non-hydrogen) atoms. The summed E-state index contributed by atoms with van der Waals surface area (Å²) in [5.41, 5.74) is 1.08. The van der Waals surface area contributed by atoms with Crippen molar-refractivity contribution in [3.63, 3.8) is 0 Å². The summed E-state index contributed by atoms with van der Waals surface area (Å²) in [6.45, 7) is 3.33. The van der Waals surface area contributed by atoms with E-state index in [1.807, 2.05) is 24.3 Å². The van der Waals surface area contributed by atoms with Gasteiger partial charge in [-0.2, -0.15) is 5.10 Å². The zero-order chi connectivity index (χ0) is 16.4. The van der Waals surface area contributed by atoms with Crippen LogP contribution in [0.3, 0.4) is 0 Å². The molecule has 144 valence electrons. The van der Waals surface area contributed by atoms with Crippen molar-refractivity contribution in [3.8, 4) is 0 Å². The number of nitrogens with one attached hydrogen (secondary N) is 1. The Balaban J connectivity index is 0.00000156. The van der Waals surface area contributed by atoms with E-state index < -0.39 is 6.43 Å². The topological polar surface area (TPSA) is 53.4 Å². The minimum Gasteiger partial charge on any atom is -0.340 e. The molecule has 3 heterocycles. The number of amides is 1. The highest BCUT2D eigenvalue weighted by Gasteiger charge is 2.37. The van der Waals surface area contributed by atoms with Crippen LogP contribution >= 0.6 is 24.8 Å². The van der Waals surface area contributed by atoms with Gasteiger partial charge in [0, 0.05) is 58.4 Å². The summed E-state index contributed by atoms with van der Waals surface area (Å²) in [4.78, 5) is 16.4. The molecule has 1 N–H and O–H groups in total. The lowest BCUT2D eigenvalue weighted by Gasteiger charge is -2.36. The SMILES string of the molecule is Cl.Cl.Cn1cc([C@H]2CNC[C@@H]2C(=O)N2CCN(CC(F)F)CC2)cn1. The standard InChI is InChI=1S/C15H23F2N5O.2ClH/c1-20-9-11(6-19-20)12-7-18-8-13(12)15(23)22-4-2-21(3-5-22)10-14(16)17;;/h6,9,12-14,18H,2-5,7-8,10H2,1H3;2*1H/t12-,13+;;/m1../s1. The number of hydrogen-bond acceptors (Lipinski definition) is 4. The van der Waals surface area contributed by atoms with Crippen molar-refractivity contribution in [1.29, 1.82) is 0 Å². The smallest absolute Gasteiger partial charge is 0.251 e. The zero-order valence-corrected chi connectivity index (χ0v) is 15.7. The number of aromatic nitrogens is 2. The Kier molecular flexibility index (Phi) is 8.53. The summed E-state index contributed by atoms with van der Waals surface area (Å²) in [7, 11) is 1.87. The van der Waals surface area contributed by atoms with Crippen LogP contribution in [0.5, 0.6) is 0 Å². The van der Waals surface area contributed by atoms with Crippen LogP contribution in [0.1, 0.15) is 11.5 Å². The van der Waals surface area contributed by atoms with Crippen LogP contribution in [0.4, 0.5) is 8.78 Å². The third kappa shape index (κ3) is 5.26. The fourth-order valence-corrected chi connectivity index (χ4v) is 3.50. The van der Waals surface area contributed by atoms with E-state index in [2.05, 4.69) is 10.4 Å². The normalized spacial score (nSPS) is 24.1. The van der Waals surface area contributed by atoms with Crippen LogP contribution in [-0.2, 0) is 11.8 Å². The second-order valence-corrected chi connectivity index (χ2v) is 6.34. The highest BCUT2D eigenvalue weighted by Crippen LogP contribution is 2.29. The molecule has 0 aliphatic carbocycles. The Morgan fingerprint density at radius 2 is 1.96 bits per heavy atom. The Hall–Kier alpha value is -0.960. The number of carbonyl (C=O) groups excluding carboxylic acids is 1. The monoisotopic (exact) mass is 399 g/mol. The van der Waals surface area contributed by atoms with Gasteiger partial charge >= 0.3 is 0 Å². The summed E-state index contributed by atoms with van der Waals surface area (Å²) in [6, 6.07) is 0. The quantitative estimate of drug-likeness (QED) is 0.819. The molecule has 0 unspecified atom stereocenters. The first-order valence-electron chi connectivity index (χ1n) is 8.03. The number of aryl methyl sites for hydroxylation is 1. The molecule has 3 rings (SSSR count). The van der Waals surface area contributed by atoms with Crippen LogP contribution in [0.15, 0.2) is 12.4 Å². The zero-order valence-electron chi connectivity index (χ0n) is 14.1. The summed E-state index contributed by atoms with van der Waals surface area (Å²) in [6.07, 6.45) is 1.46. The van der Waals surface area contributed by atoms with Crippen molar-refractivity contribution in [1.82, 2.24) is 24.9 Å². The van der Waals surface area contributed by atoms with Crippen molar-refractivity contribution in [3.05, 3.63) is 18.0 Å². The van der Waals surface area contributed by atoms with Crippen LogP contribution in [0, 0.1) is 5.92 Å². The maximum absolute atomic E-state index is 12.8. The van der Waals surface area contributed by atoms with Crippen molar-refractivity contribution >= 4 is 30.7 Å². The van der Waals surface area contributed by atoms with Crippen LogP contribution in [-0.4, -0.2) is 77.7 Å². The van der Waals surface area contributed by atoms with Crippen molar-refractivity contribution in [2.75, 3.05) is 45.8 Å². The lowest BCUT2D eigenvalue weighted by molar-refractivity contribution is -0.137. The first kappa shape index (κ1) is 22.1. The number of halogens is 4. The maximum atomic E-state index is 12.8. The summed E-state index contributed by atoms with van der Waals surface area (Å²) < 4.78 is 26.6. The maximum Gasteiger partial charge on any atom is 0.251 e. The molecule has 0 radical (unpaired) electrons. The van der Waals surface area contributed by atoms with E-state index in [1.54, 1.807) is 9.58 Å². The van der Waals surface area contributed by atoms with Crippen LogP contribution < -0.4 is 5.32 Å². The van der Waals surface area contributed by atoms with Gasteiger partial charge in [0.2, 0.25) is 5.91 Å². The lowest BCUT2D eigenvalue weighted by Crippen LogP contribution is -2.51. The lowest BCUT2D eigenvalue weighted by atomic mass is 9.89. The number of nitrogens with zero attached hydrogens (tertiary/aromatic N) is 4. The number of carbonyl (C=O) groups is 1. The van der Waals surface area contributed by atoms with E-state index in [0.29, 0.717) is 32.7 Å². The number of hydrogen-bond donors (Lipinski definition) is 1. The Morgan fingerprint density at radius 1 is 1.28 bits per heavy atom. The molecule has 1 aromatic rings. The van der Waals surface area contributed by atoms with Crippen LogP contribution in [0.2, 0.25) is 0 Å². The molecule has 0 aromatic carbocycles.